The van der Waals surface area contributed by atoms with Gasteiger partial charge in [-0.3, -0.25) is 0 Å². The van der Waals surface area contributed by atoms with E-state index in [1.807, 2.05) is 30.3 Å². The van der Waals surface area contributed by atoms with Crippen molar-refractivity contribution in [2.75, 3.05) is 0 Å². The molecule has 1 unspecified atom stereocenters. The number of aromatic hydroxyl groups is 3. The Labute approximate surface area is 175 Å². The minimum Gasteiger partial charge on any atom is -0.507 e. The fourth-order valence-electron chi connectivity index (χ4n) is 3.33. The highest BCUT2D eigenvalue weighted by Gasteiger charge is 2.34. The molecule has 0 radical (unpaired) electrons. The van der Waals surface area contributed by atoms with E-state index in [9.17, 15) is 20.4 Å². The van der Waals surface area contributed by atoms with Gasteiger partial charge < -0.3 is 29.9 Å². The average Bonchev–Trinajstić information content (AvgIpc) is 2.72. The lowest BCUT2D eigenvalue weighted by atomic mass is 9.94. The van der Waals surface area contributed by atoms with E-state index < -0.39 is 12.2 Å². The van der Waals surface area contributed by atoms with Gasteiger partial charge in [0.2, 0.25) is 0 Å². The summed E-state index contributed by atoms with van der Waals surface area (Å²) in [6.07, 6.45) is -1.57. The molecule has 0 spiro atoms. The van der Waals surface area contributed by atoms with Crippen molar-refractivity contribution >= 4 is 15.9 Å². The average molecular weight is 459 g/mol. The van der Waals surface area contributed by atoms with E-state index >= 15 is 0 Å². The molecule has 0 saturated carbocycles. The zero-order chi connectivity index (χ0) is 20.5. The van der Waals surface area contributed by atoms with Gasteiger partial charge in [-0.25, -0.2) is 0 Å². The molecule has 0 amide bonds. The Kier molecular flexibility index (Phi) is 5.25. The second-order valence-corrected chi connectivity index (χ2v) is 7.64. The standard InChI is InChI=1S/C22H19BrO6/c23-20-19(28-11-12-4-2-1-3-5-12)10-16(25)14-9-18(27)21(29-22(14)20)13-6-7-15(24)17(26)8-13/h1-8,10,18,21,24-27H,9,11H2/t18-,21?/m1/s1. The quantitative estimate of drug-likeness (QED) is 0.437. The summed E-state index contributed by atoms with van der Waals surface area (Å²) in [5.74, 6) is 0.197. The van der Waals surface area contributed by atoms with Crippen LogP contribution in [0.4, 0.5) is 0 Å². The third-order valence-electron chi connectivity index (χ3n) is 4.84. The third-order valence-corrected chi connectivity index (χ3v) is 5.59. The van der Waals surface area contributed by atoms with Gasteiger partial charge in [-0.15, -0.1) is 0 Å². The SMILES string of the molecule is Oc1ccc(C2Oc3c(Br)c(OCc4ccccc4)cc(O)c3C[C@H]2O)cc1O. The predicted octanol–water partition coefficient (Wildman–Crippen LogP) is 4.18. The van der Waals surface area contributed by atoms with Crippen molar-refractivity contribution in [2.24, 2.45) is 0 Å². The molecule has 150 valence electrons. The maximum Gasteiger partial charge on any atom is 0.157 e. The molecule has 4 N–H and O–H groups in total. The van der Waals surface area contributed by atoms with Crippen molar-refractivity contribution < 1.29 is 29.9 Å². The molecule has 4 rings (SSSR count). The Hall–Kier alpha value is -2.90. The van der Waals surface area contributed by atoms with Crippen molar-refractivity contribution in [1.82, 2.24) is 0 Å². The van der Waals surface area contributed by atoms with Crippen molar-refractivity contribution in [3.05, 3.63) is 75.8 Å². The van der Waals surface area contributed by atoms with Crippen LogP contribution in [0.5, 0.6) is 28.7 Å². The normalized spacial score (nSPS) is 18.0. The molecule has 1 aliphatic heterocycles. The number of aliphatic hydroxyl groups excluding tert-OH is 1. The van der Waals surface area contributed by atoms with Crippen molar-refractivity contribution in [3.8, 4) is 28.7 Å². The van der Waals surface area contributed by atoms with E-state index in [1.165, 1.54) is 18.2 Å². The number of ether oxygens (including phenoxy) is 2. The zero-order valence-electron chi connectivity index (χ0n) is 15.2. The van der Waals surface area contributed by atoms with Crippen LogP contribution in [0.25, 0.3) is 0 Å². The van der Waals surface area contributed by atoms with Gasteiger partial charge in [0.1, 0.15) is 28.3 Å². The number of phenols is 3. The summed E-state index contributed by atoms with van der Waals surface area (Å²) in [6.45, 7) is 0.315. The Morgan fingerprint density at radius 3 is 2.45 bits per heavy atom. The second kappa shape index (κ2) is 7.85. The smallest absolute Gasteiger partial charge is 0.157 e. The largest absolute Gasteiger partial charge is 0.507 e. The number of benzene rings is 3. The number of hydrogen-bond acceptors (Lipinski definition) is 6. The minimum atomic E-state index is -0.944. The van der Waals surface area contributed by atoms with Crippen molar-refractivity contribution in [1.29, 1.82) is 0 Å². The van der Waals surface area contributed by atoms with Gasteiger partial charge in [-0.1, -0.05) is 36.4 Å². The zero-order valence-corrected chi connectivity index (χ0v) is 16.8. The maximum absolute atomic E-state index is 10.5. The number of halogens is 1. The molecular formula is C22H19BrO6. The van der Waals surface area contributed by atoms with Crippen LogP contribution in [0.3, 0.4) is 0 Å². The van der Waals surface area contributed by atoms with E-state index in [4.69, 9.17) is 9.47 Å². The lowest BCUT2D eigenvalue weighted by molar-refractivity contribution is 0.0190. The van der Waals surface area contributed by atoms with Gasteiger partial charge in [0.05, 0.1) is 6.10 Å². The highest BCUT2D eigenvalue weighted by atomic mass is 79.9. The van der Waals surface area contributed by atoms with Crippen LogP contribution in [-0.2, 0) is 13.0 Å². The molecule has 3 aromatic carbocycles. The first-order valence-electron chi connectivity index (χ1n) is 9.01. The fourth-order valence-corrected chi connectivity index (χ4v) is 3.89. The topological polar surface area (TPSA) is 99.4 Å². The number of aliphatic hydroxyl groups is 1. The molecule has 0 aromatic heterocycles. The molecule has 3 aromatic rings. The summed E-state index contributed by atoms with van der Waals surface area (Å²) in [5, 5.41) is 40.3. The lowest BCUT2D eigenvalue weighted by Gasteiger charge is -2.32. The van der Waals surface area contributed by atoms with Crippen molar-refractivity contribution in [3.63, 3.8) is 0 Å². The van der Waals surface area contributed by atoms with Crippen LogP contribution in [0.2, 0.25) is 0 Å². The highest BCUT2D eigenvalue weighted by Crippen LogP contribution is 2.48. The first-order valence-corrected chi connectivity index (χ1v) is 9.81. The molecule has 1 heterocycles. The summed E-state index contributed by atoms with van der Waals surface area (Å²) in [6, 6.07) is 15.4. The fraction of sp³-hybridized carbons (Fsp3) is 0.182. The minimum absolute atomic E-state index is 0.0303. The molecule has 29 heavy (non-hydrogen) atoms. The van der Waals surface area contributed by atoms with Gasteiger partial charge in [-0.2, -0.15) is 0 Å². The summed E-state index contributed by atoms with van der Waals surface area (Å²) >= 11 is 3.49. The van der Waals surface area contributed by atoms with Gasteiger partial charge in [-0.05, 0) is 39.2 Å². The van der Waals surface area contributed by atoms with Gasteiger partial charge in [0.25, 0.3) is 0 Å². The summed E-state index contributed by atoms with van der Waals surface area (Å²) in [7, 11) is 0. The molecular weight excluding hydrogens is 440 g/mol. The van der Waals surface area contributed by atoms with Crippen LogP contribution < -0.4 is 9.47 Å². The van der Waals surface area contributed by atoms with Gasteiger partial charge in [0, 0.05) is 18.1 Å². The second-order valence-electron chi connectivity index (χ2n) is 6.85. The van der Waals surface area contributed by atoms with Gasteiger partial charge in [0.15, 0.2) is 17.6 Å². The Bertz CT molecular complexity index is 1040. The molecule has 2 atom stereocenters. The summed E-state index contributed by atoms with van der Waals surface area (Å²) in [5.41, 5.74) is 1.95. The van der Waals surface area contributed by atoms with E-state index in [0.29, 0.717) is 33.7 Å². The number of hydrogen-bond donors (Lipinski definition) is 4. The monoisotopic (exact) mass is 458 g/mol. The van der Waals surface area contributed by atoms with E-state index in [1.54, 1.807) is 6.07 Å². The van der Waals surface area contributed by atoms with Crippen LogP contribution in [0.1, 0.15) is 22.8 Å². The van der Waals surface area contributed by atoms with Gasteiger partial charge >= 0.3 is 0 Å². The van der Waals surface area contributed by atoms with Crippen molar-refractivity contribution in [2.45, 2.75) is 25.2 Å². The maximum atomic E-state index is 10.5. The predicted molar refractivity (Wildman–Crippen MR) is 109 cm³/mol. The summed E-state index contributed by atoms with van der Waals surface area (Å²) < 4.78 is 12.4. The summed E-state index contributed by atoms with van der Waals surface area (Å²) in [4.78, 5) is 0. The first kappa shape index (κ1) is 19.4. The Morgan fingerprint density at radius 1 is 0.966 bits per heavy atom. The third kappa shape index (κ3) is 3.83. The Balaban J connectivity index is 1.64. The lowest BCUT2D eigenvalue weighted by Crippen LogP contribution is -2.30. The van der Waals surface area contributed by atoms with E-state index in [0.717, 1.165) is 5.56 Å². The highest BCUT2D eigenvalue weighted by molar-refractivity contribution is 9.10. The van der Waals surface area contributed by atoms with Crippen LogP contribution >= 0.6 is 15.9 Å². The molecule has 6 nitrogen and oxygen atoms in total. The molecule has 0 fully saturated rings. The van der Waals surface area contributed by atoms with Crippen LogP contribution in [0.15, 0.2) is 59.1 Å². The molecule has 0 bridgehead atoms. The Morgan fingerprint density at radius 2 is 1.72 bits per heavy atom. The molecule has 0 aliphatic carbocycles. The first-order chi connectivity index (χ1) is 13.9. The van der Waals surface area contributed by atoms with Crippen LogP contribution in [-0.4, -0.2) is 26.5 Å². The number of fused-ring (bicyclic) bond motifs is 1. The van der Waals surface area contributed by atoms with Crippen LogP contribution in [0, 0.1) is 0 Å². The van der Waals surface area contributed by atoms with E-state index in [-0.39, 0.29) is 23.7 Å². The van der Waals surface area contributed by atoms with E-state index in [2.05, 4.69) is 15.9 Å². The number of rotatable bonds is 4. The molecule has 1 aliphatic rings. The number of phenolic OH excluding ortho intramolecular Hbond substituents is 3. The molecule has 0 saturated heterocycles. The molecule has 7 heteroatoms.